The van der Waals surface area contributed by atoms with Gasteiger partial charge in [-0.2, -0.15) is 0 Å². The van der Waals surface area contributed by atoms with E-state index in [-0.39, 0.29) is 5.91 Å². The van der Waals surface area contributed by atoms with Gasteiger partial charge >= 0.3 is 5.97 Å². The number of carbonyl (C=O) groups is 2. The number of hydrogen-bond donors (Lipinski definition) is 1. The number of ether oxygens (including phenoxy) is 1. The Balaban J connectivity index is 2.02. The van der Waals surface area contributed by atoms with E-state index in [4.69, 9.17) is 4.74 Å². The standard InChI is InChI=1S/C20H27NO4/c1-2-25-14-8-13-21-18(22)16-10-5-4-9-15(16)17(19(23)24)20(21)11-6-3-7-12-20/h4-5,9-10,17H,2-3,6-8,11-14H2,1H3,(H,23,24). The predicted octanol–water partition coefficient (Wildman–Crippen LogP) is 3.44. The molecule has 1 fully saturated rings. The summed E-state index contributed by atoms with van der Waals surface area (Å²) in [6.45, 7) is 3.75. The monoisotopic (exact) mass is 345 g/mol. The molecule has 1 aliphatic heterocycles. The quantitative estimate of drug-likeness (QED) is 0.802. The number of nitrogens with zero attached hydrogens (tertiary/aromatic N) is 1. The maximum absolute atomic E-state index is 13.2. The molecule has 0 radical (unpaired) electrons. The van der Waals surface area contributed by atoms with Gasteiger partial charge in [0.05, 0.1) is 5.54 Å². The fourth-order valence-corrected chi connectivity index (χ4v) is 4.62. The van der Waals surface area contributed by atoms with Crippen LogP contribution in [-0.2, 0) is 9.53 Å². The van der Waals surface area contributed by atoms with Crippen LogP contribution in [0, 0.1) is 0 Å². The SMILES string of the molecule is CCOCCCN1C(=O)c2ccccc2C(C(=O)O)C12CCCCC2. The summed E-state index contributed by atoms with van der Waals surface area (Å²) >= 11 is 0. The molecule has 1 aromatic rings. The number of carboxylic acid groups (broad SMARTS) is 1. The van der Waals surface area contributed by atoms with Gasteiger partial charge in [0.15, 0.2) is 0 Å². The third-order valence-electron chi connectivity index (χ3n) is 5.66. The van der Waals surface area contributed by atoms with E-state index in [0.717, 1.165) is 38.5 Å². The van der Waals surface area contributed by atoms with Gasteiger partial charge in [-0.25, -0.2) is 0 Å². The maximum atomic E-state index is 13.2. The fraction of sp³-hybridized carbons (Fsp3) is 0.600. The van der Waals surface area contributed by atoms with Crippen molar-refractivity contribution in [3.05, 3.63) is 35.4 Å². The summed E-state index contributed by atoms with van der Waals surface area (Å²) in [7, 11) is 0. The molecule has 1 heterocycles. The van der Waals surface area contributed by atoms with Gasteiger partial charge in [0, 0.05) is 25.3 Å². The highest BCUT2D eigenvalue weighted by molar-refractivity contribution is 6.01. The second-order valence-electron chi connectivity index (χ2n) is 7.03. The van der Waals surface area contributed by atoms with Gasteiger partial charge in [0.1, 0.15) is 5.92 Å². The Kier molecular flexibility index (Phi) is 5.42. The predicted molar refractivity (Wildman–Crippen MR) is 94.8 cm³/mol. The molecule has 5 nitrogen and oxygen atoms in total. The molecule has 5 heteroatoms. The molecule has 1 atom stereocenters. The van der Waals surface area contributed by atoms with Crippen molar-refractivity contribution in [3.8, 4) is 0 Å². The fourth-order valence-electron chi connectivity index (χ4n) is 4.62. The van der Waals surface area contributed by atoms with Crippen molar-refractivity contribution in [2.45, 2.75) is 56.9 Å². The number of benzene rings is 1. The molecular formula is C20H27NO4. The molecule has 1 aliphatic carbocycles. The van der Waals surface area contributed by atoms with Gasteiger partial charge in [-0.1, -0.05) is 37.5 Å². The number of hydrogen-bond acceptors (Lipinski definition) is 3. The Morgan fingerprint density at radius 3 is 2.68 bits per heavy atom. The number of carboxylic acids is 1. The summed E-state index contributed by atoms with van der Waals surface area (Å²) in [5.74, 6) is -1.49. The number of aliphatic carboxylic acids is 1. The van der Waals surface area contributed by atoms with Crippen LogP contribution < -0.4 is 0 Å². The summed E-state index contributed by atoms with van der Waals surface area (Å²) in [6.07, 6.45) is 5.31. The Morgan fingerprint density at radius 1 is 1.28 bits per heavy atom. The molecule has 0 saturated heterocycles. The second-order valence-corrected chi connectivity index (χ2v) is 7.03. The van der Waals surface area contributed by atoms with E-state index in [2.05, 4.69) is 0 Å². The Morgan fingerprint density at radius 2 is 2.00 bits per heavy atom. The third-order valence-corrected chi connectivity index (χ3v) is 5.66. The topological polar surface area (TPSA) is 66.8 Å². The van der Waals surface area contributed by atoms with Crippen LogP contribution in [0.25, 0.3) is 0 Å². The van der Waals surface area contributed by atoms with Crippen molar-refractivity contribution in [3.63, 3.8) is 0 Å². The zero-order valence-electron chi connectivity index (χ0n) is 14.9. The summed E-state index contributed by atoms with van der Waals surface area (Å²) in [4.78, 5) is 27.3. The molecule has 1 N–H and O–H groups in total. The summed E-state index contributed by atoms with van der Waals surface area (Å²) in [5, 5.41) is 10.1. The molecule has 25 heavy (non-hydrogen) atoms. The molecule has 1 unspecified atom stereocenters. The lowest BCUT2D eigenvalue weighted by Gasteiger charge is -2.53. The molecule has 0 aromatic heterocycles. The van der Waals surface area contributed by atoms with Gasteiger partial charge in [-0.05, 0) is 37.8 Å². The number of fused-ring (bicyclic) bond motifs is 1. The molecule has 1 spiro atoms. The van der Waals surface area contributed by atoms with E-state index < -0.39 is 17.4 Å². The van der Waals surface area contributed by atoms with Crippen LogP contribution >= 0.6 is 0 Å². The van der Waals surface area contributed by atoms with E-state index >= 15 is 0 Å². The van der Waals surface area contributed by atoms with Crippen LogP contribution in [0.5, 0.6) is 0 Å². The van der Waals surface area contributed by atoms with Crippen LogP contribution in [0.15, 0.2) is 24.3 Å². The van der Waals surface area contributed by atoms with Crippen LogP contribution in [0.1, 0.15) is 67.3 Å². The molecule has 1 amide bonds. The molecule has 0 bridgehead atoms. The molecule has 136 valence electrons. The minimum Gasteiger partial charge on any atom is -0.481 e. The minimum absolute atomic E-state index is 0.0218. The summed E-state index contributed by atoms with van der Waals surface area (Å²) in [6, 6.07) is 7.23. The average Bonchev–Trinajstić information content (AvgIpc) is 2.61. The number of carbonyl (C=O) groups excluding carboxylic acids is 1. The Labute approximate surface area is 149 Å². The molecule has 2 aliphatic rings. The van der Waals surface area contributed by atoms with Crippen molar-refractivity contribution in [2.75, 3.05) is 19.8 Å². The van der Waals surface area contributed by atoms with Crippen molar-refractivity contribution >= 4 is 11.9 Å². The Bertz CT molecular complexity index is 636. The zero-order chi connectivity index (χ0) is 17.9. The van der Waals surface area contributed by atoms with Crippen LogP contribution in [0.3, 0.4) is 0 Å². The van der Waals surface area contributed by atoms with E-state index in [1.807, 2.05) is 30.0 Å². The van der Waals surface area contributed by atoms with E-state index in [0.29, 0.717) is 30.9 Å². The molecular weight excluding hydrogens is 318 g/mol. The van der Waals surface area contributed by atoms with Gasteiger partial charge in [0.2, 0.25) is 0 Å². The highest BCUT2D eigenvalue weighted by Gasteiger charge is 2.54. The van der Waals surface area contributed by atoms with Crippen molar-refractivity contribution < 1.29 is 19.4 Å². The smallest absolute Gasteiger partial charge is 0.313 e. The van der Waals surface area contributed by atoms with Crippen LogP contribution in [-0.4, -0.2) is 47.2 Å². The van der Waals surface area contributed by atoms with Gasteiger partial charge in [-0.3, -0.25) is 9.59 Å². The third kappa shape index (κ3) is 3.17. The first-order chi connectivity index (χ1) is 12.1. The second kappa shape index (κ2) is 7.56. The normalized spacial score (nSPS) is 22.0. The zero-order valence-corrected chi connectivity index (χ0v) is 14.9. The average molecular weight is 345 g/mol. The van der Waals surface area contributed by atoms with Crippen molar-refractivity contribution in [2.24, 2.45) is 0 Å². The number of rotatable bonds is 6. The molecule has 1 aromatic carbocycles. The minimum atomic E-state index is -0.823. The van der Waals surface area contributed by atoms with Crippen LogP contribution in [0.2, 0.25) is 0 Å². The number of amides is 1. The Hall–Kier alpha value is -1.88. The van der Waals surface area contributed by atoms with E-state index in [1.54, 1.807) is 6.07 Å². The summed E-state index contributed by atoms with van der Waals surface area (Å²) in [5.41, 5.74) is 0.632. The lowest BCUT2D eigenvalue weighted by Crippen LogP contribution is -2.61. The first-order valence-corrected chi connectivity index (χ1v) is 9.33. The van der Waals surface area contributed by atoms with E-state index in [9.17, 15) is 14.7 Å². The first-order valence-electron chi connectivity index (χ1n) is 9.33. The largest absolute Gasteiger partial charge is 0.481 e. The van der Waals surface area contributed by atoms with Crippen molar-refractivity contribution in [1.29, 1.82) is 0 Å². The van der Waals surface area contributed by atoms with E-state index in [1.165, 1.54) is 0 Å². The molecule has 1 saturated carbocycles. The summed E-state index contributed by atoms with van der Waals surface area (Å²) < 4.78 is 5.43. The van der Waals surface area contributed by atoms with Gasteiger partial charge in [0.25, 0.3) is 5.91 Å². The highest BCUT2D eigenvalue weighted by Crippen LogP contribution is 2.49. The lowest BCUT2D eigenvalue weighted by atomic mass is 9.65. The van der Waals surface area contributed by atoms with Gasteiger partial charge in [-0.15, -0.1) is 0 Å². The highest BCUT2D eigenvalue weighted by atomic mass is 16.5. The maximum Gasteiger partial charge on any atom is 0.313 e. The lowest BCUT2D eigenvalue weighted by molar-refractivity contribution is -0.144. The van der Waals surface area contributed by atoms with Crippen molar-refractivity contribution in [1.82, 2.24) is 4.90 Å². The first kappa shape index (κ1) is 17.9. The van der Waals surface area contributed by atoms with Gasteiger partial charge < -0.3 is 14.7 Å². The van der Waals surface area contributed by atoms with Crippen LogP contribution in [0.4, 0.5) is 0 Å². The molecule has 3 rings (SSSR count).